The van der Waals surface area contributed by atoms with Crippen LogP contribution < -0.4 is 0 Å². The topological polar surface area (TPSA) is 55.1 Å². The normalized spacial score (nSPS) is 10.9. The highest BCUT2D eigenvalue weighted by Crippen LogP contribution is 2.18. The predicted octanol–water partition coefficient (Wildman–Crippen LogP) is 3.53. The SMILES string of the molecule is CC(C)Cc1nc(C(=O)O)cn1-c1ccc(Br)cc1. The smallest absolute Gasteiger partial charge is 0.356 e. The molecule has 0 radical (unpaired) electrons. The Morgan fingerprint density at radius 3 is 2.53 bits per heavy atom. The lowest BCUT2D eigenvalue weighted by molar-refractivity contribution is 0.0691. The number of carboxylic acids is 1. The maximum atomic E-state index is 11.1. The Balaban J connectivity index is 2.47. The minimum absolute atomic E-state index is 0.0820. The van der Waals surface area contributed by atoms with Gasteiger partial charge in [-0.2, -0.15) is 0 Å². The number of carboxylic acid groups (broad SMARTS) is 1. The second-order valence-corrected chi connectivity index (χ2v) is 5.71. The van der Waals surface area contributed by atoms with Gasteiger partial charge in [0.2, 0.25) is 0 Å². The Morgan fingerprint density at radius 1 is 1.37 bits per heavy atom. The number of hydrogen-bond donors (Lipinski definition) is 1. The summed E-state index contributed by atoms with van der Waals surface area (Å²) in [6.45, 7) is 4.17. The van der Waals surface area contributed by atoms with Gasteiger partial charge < -0.3 is 9.67 Å². The summed E-state index contributed by atoms with van der Waals surface area (Å²) in [5, 5.41) is 9.06. The van der Waals surface area contributed by atoms with Gasteiger partial charge in [0, 0.05) is 22.8 Å². The molecule has 5 heteroatoms. The minimum Gasteiger partial charge on any atom is -0.476 e. The molecule has 0 aliphatic carbocycles. The van der Waals surface area contributed by atoms with Crippen molar-refractivity contribution < 1.29 is 9.90 Å². The summed E-state index contributed by atoms with van der Waals surface area (Å²) in [5.41, 5.74) is 0.998. The molecule has 0 bridgehead atoms. The molecular weight excluding hydrogens is 308 g/mol. The molecule has 2 aromatic rings. The van der Waals surface area contributed by atoms with E-state index in [1.807, 2.05) is 28.8 Å². The van der Waals surface area contributed by atoms with Gasteiger partial charge in [-0.1, -0.05) is 29.8 Å². The van der Waals surface area contributed by atoms with Gasteiger partial charge in [0.1, 0.15) is 5.82 Å². The Kier molecular flexibility index (Phi) is 4.04. The zero-order chi connectivity index (χ0) is 14.0. The van der Waals surface area contributed by atoms with E-state index in [1.54, 1.807) is 6.20 Å². The van der Waals surface area contributed by atoms with Gasteiger partial charge in [-0.3, -0.25) is 0 Å². The Labute approximate surface area is 120 Å². The van der Waals surface area contributed by atoms with Crippen LogP contribution in [-0.4, -0.2) is 20.6 Å². The number of hydrogen-bond acceptors (Lipinski definition) is 2. The molecule has 0 saturated carbocycles. The third-order valence-electron chi connectivity index (χ3n) is 2.69. The lowest BCUT2D eigenvalue weighted by Gasteiger charge is -2.09. The first-order valence-corrected chi connectivity index (χ1v) is 6.84. The van der Waals surface area contributed by atoms with E-state index in [-0.39, 0.29) is 5.69 Å². The molecule has 0 fully saturated rings. The number of benzene rings is 1. The third kappa shape index (κ3) is 3.23. The van der Waals surface area contributed by atoms with Crippen molar-refractivity contribution in [3.05, 3.63) is 46.5 Å². The van der Waals surface area contributed by atoms with E-state index in [2.05, 4.69) is 34.8 Å². The number of rotatable bonds is 4. The molecule has 0 unspecified atom stereocenters. The van der Waals surface area contributed by atoms with Crippen LogP contribution in [0.25, 0.3) is 5.69 Å². The number of halogens is 1. The molecule has 1 heterocycles. The van der Waals surface area contributed by atoms with Gasteiger partial charge >= 0.3 is 5.97 Å². The Morgan fingerprint density at radius 2 is 2.00 bits per heavy atom. The van der Waals surface area contributed by atoms with E-state index in [9.17, 15) is 4.79 Å². The number of nitrogens with zero attached hydrogens (tertiary/aromatic N) is 2. The first-order chi connectivity index (χ1) is 8.97. The summed E-state index contributed by atoms with van der Waals surface area (Å²) >= 11 is 3.39. The van der Waals surface area contributed by atoms with Crippen molar-refractivity contribution in [3.63, 3.8) is 0 Å². The highest BCUT2D eigenvalue weighted by molar-refractivity contribution is 9.10. The zero-order valence-electron chi connectivity index (χ0n) is 10.8. The van der Waals surface area contributed by atoms with E-state index in [4.69, 9.17) is 5.11 Å². The lowest BCUT2D eigenvalue weighted by atomic mass is 10.1. The van der Waals surface area contributed by atoms with Crippen LogP contribution in [0.1, 0.15) is 30.2 Å². The summed E-state index contributed by atoms with van der Waals surface area (Å²) in [5.74, 6) is 0.189. The van der Waals surface area contributed by atoms with Gasteiger partial charge in [-0.25, -0.2) is 9.78 Å². The molecule has 1 aromatic carbocycles. The quantitative estimate of drug-likeness (QED) is 0.936. The summed E-state index contributed by atoms with van der Waals surface area (Å²) in [6.07, 6.45) is 2.31. The summed E-state index contributed by atoms with van der Waals surface area (Å²) in [6, 6.07) is 7.71. The van der Waals surface area contributed by atoms with Crippen molar-refractivity contribution >= 4 is 21.9 Å². The summed E-state index contributed by atoms with van der Waals surface area (Å²) in [7, 11) is 0. The van der Waals surface area contributed by atoms with E-state index in [0.717, 1.165) is 22.4 Å². The number of carbonyl (C=O) groups is 1. The van der Waals surface area contributed by atoms with E-state index >= 15 is 0 Å². The minimum atomic E-state index is -0.999. The molecule has 1 N–H and O–H groups in total. The van der Waals surface area contributed by atoms with Gasteiger partial charge in [0.15, 0.2) is 5.69 Å². The molecule has 0 amide bonds. The van der Waals surface area contributed by atoms with Gasteiger partial charge in [0.05, 0.1) is 0 Å². The molecule has 4 nitrogen and oxygen atoms in total. The van der Waals surface area contributed by atoms with Crippen molar-refractivity contribution in [1.82, 2.24) is 9.55 Å². The Hall–Kier alpha value is -1.62. The molecule has 0 aliphatic rings. The largest absolute Gasteiger partial charge is 0.476 e. The zero-order valence-corrected chi connectivity index (χ0v) is 12.4. The number of aromatic carboxylic acids is 1. The molecule has 1 aromatic heterocycles. The fraction of sp³-hybridized carbons (Fsp3) is 0.286. The molecule has 0 aliphatic heterocycles. The van der Waals surface area contributed by atoms with Crippen molar-refractivity contribution in [2.24, 2.45) is 5.92 Å². The fourth-order valence-electron chi connectivity index (χ4n) is 1.86. The van der Waals surface area contributed by atoms with Crippen LogP contribution in [0.2, 0.25) is 0 Å². The number of aromatic nitrogens is 2. The second kappa shape index (κ2) is 5.57. The Bertz CT molecular complexity index is 588. The number of imidazole rings is 1. The molecule has 0 saturated heterocycles. The van der Waals surface area contributed by atoms with E-state index in [0.29, 0.717) is 5.92 Å². The fourth-order valence-corrected chi connectivity index (χ4v) is 2.12. The highest BCUT2D eigenvalue weighted by atomic mass is 79.9. The maximum absolute atomic E-state index is 11.1. The molecule has 0 spiro atoms. The van der Waals surface area contributed by atoms with Crippen LogP contribution in [0.3, 0.4) is 0 Å². The van der Waals surface area contributed by atoms with Crippen LogP contribution in [0.15, 0.2) is 34.9 Å². The molecule has 100 valence electrons. The molecule has 0 atom stereocenters. The predicted molar refractivity (Wildman–Crippen MR) is 76.8 cm³/mol. The first-order valence-electron chi connectivity index (χ1n) is 6.05. The van der Waals surface area contributed by atoms with Gasteiger partial charge in [-0.15, -0.1) is 0 Å². The maximum Gasteiger partial charge on any atom is 0.356 e. The van der Waals surface area contributed by atoms with Crippen molar-refractivity contribution in [2.75, 3.05) is 0 Å². The van der Waals surface area contributed by atoms with Crippen molar-refractivity contribution in [3.8, 4) is 5.69 Å². The van der Waals surface area contributed by atoms with Crippen LogP contribution in [0.4, 0.5) is 0 Å². The third-order valence-corrected chi connectivity index (χ3v) is 3.22. The lowest BCUT2D eigenvalue weighted by Crippen LogP contribution is -2.04. The van der Waals surface area contributed by atoms with Crippen molar-refractivity contribution in [1.29, 1.82) is 0 Å². The summed E-state index contributed by atoms with van der Waals surface area (Å²) < 4.78 is 2.83. The monoisotopic (exact) mass is 322 g/mol. The average Bonchev–Trinajstić information content (AvgIpc) is 2.73. The highest BCUT2D eigenvalue weighted by Gasteiger charge is 2.15. The molecule has 19 heavy (non-hydrogen) atoms. The van der Waals surface area contributed by atoms with Gasteiger partial charge in [0.25, 0.3) is 0 Å². The van der Waals surface area contributed by atoms with Crippen LogP contribution in [0, 0.1) is 5.92 Å². The van der Waals surface area contributed by atoms with Crippen LogP contribution in [-0.2, 0) is 6.42 Å². The van der Waals surface area contributed by atoms with Gasteiger partial charge in [-0.05, 0) is 30.2 Å². The van der Waals surface area contributed by atoms with Crippen molar-refractivity contribution in [2.45, 2.75) is 20.3 Å². The van der Waals surface area contributed by atoms with Crippen LogP contribution >= 0.6 is 15.9 Å². The standard InChI is InChI=1S/C14H15BrN2O2/c1-9(2)7-13-16-12(14(18)19)8-17(13)11-5-3-10(15)4-6-11/h3-6,8-9H,7H2,1-2H3,(H,18,19). The summed E-state index contributed by atoms with van der Waals surface area (Å²) in [4.78, 5) is 15.3. The second-order valence-electron chi connectivity index (χ2n) is 4.79. The molecule has 2 rings (SSSR count). The molecular formula is C14H15BrN2O2. The van der Waals surface area contributed by atoms with Crippen LogP contribution in [0.5, 0.6) is 0 Å². The first kappa shape index (κ1) is 13.8. The van der Waals surface area contributed by atoms with E-state index in [1.165, 1.54) is 0 Å². The average molecular weight is 323 g/mol. The van der Waals surface area contributed by atoms with E-state index < -0.39 is 5.97 Å².